The summed E-state index contributed by atoms with van der Waals surface area (Å²) >= 11 is 0. The molecule has 1 aromatic rings. The van der Waals surface area contributed by atoms with Gasteiger partial charge >= 0.3 is 0 Å². The molecule has 108 valence electrons. The van der Waals surface area contributed by atoms with E-state index >= 15 is 0 Å². The predicted molar refractivity (Wildman–Crippen MR) is 74.6 cm³/mol. The fourth-order valence-corrected chi connectivity index (χ4v) is 2.11. The van der Waals surface area contributed by atoms with E-state index in [1.54, 1.807) is 4.90 Å². The van der Waals surface area contributed by atoms with Gasteiger partial charge in [-0.1, -0.05) is 35.0 Å². The number of hydrogen-bond acceptors (Lipinski definition) is 4. The lowest BCUT2D eigenvalue weighted by molar-refractivity contribution is -0.135. The van der Waals surface area contributed by atoms with Gasteiger partial charge in [0.1, 0.15) is 6.10 Å². The van der Waals surface area contributed by atoms with Gasteiger partial charge in [0, 0.05) is 6.54 Å². The first-order valence-electron chi connectivity index (χ1n) is 6.52. The highest BCUT2D eigenvalue weighted by Gasteiger charge is 2.26. The normalized spacial score (nSPS) is 19.9. The summed E-state index contributed by atoms with van der Waals surface area (Å²) in [7, 11) is 0. The molecular formula is C14H19N3O3. The zero-order valence-electron chi connectivity index (χ0n) is 11.5. The number of oxime groups is 1. The summed E-state index contributed by atoms with van der Waals surface area (Å²) in [6.45, 7) is 3.25. The zero-order chi connectivity index (χ0) is 14.5. The largest absolute Gasteiger partial charge is 0.409 e. The minimum Gasteiger partial charge on any atom is -0.409 e. The number of amides is 1. The lowest BCUT2D eigenvalue weighted by Gasteiger charge is -2.32. The molecule has 20 heavy (non-hydrogen) atoms. The van der Waals surface area contributed by atoms with E-state index in [2.05, 4.69) is 5.16 Å². The van der Waals surface area contributed by atoms with E-state index in [4.69, 9.17) is 15.7 Å². The molecule has 1 atom stereocenters. The van der Waals surface area contributed by atoms with Gasteiger partial charge in [-0.2, -0.15) is 0 Å². The molecule has 1 heterocycles. The molecule has 6 heteroatoms. The summed E-state index contributed by atoms with van der Waals surface area (Å²) in [5.41, 5.74) is 7.66. The minimum absolute atomic E-state index is 0.00200. The molecule has 0 bridgehead atoms. The van der Waals surface area contributed by atoms with E-state index < -0.39 is 6.10 Å². The van der Waals surface area contributed by atoms with Crippen LogP contribution in [-0.4, -0.2) is 47.7 Å². The molecule has 1 saturated heterocycles. The van der Waals surface area contributed by atoms with E-state index in [1.807, 2.05) is 31.2 Å². The minimum atomic E-state index is -0.532. The molecule has 6 nitrogen and oxygen atoms in total. The van der Waals surface area contributed by atoms with Gasteiger partial charge in [0.2, 0.25) is 5.91 Å². The van der Waals surface area contributed by atoms with Crippen LogP contribution in [0.2, 0.25) is 0 Å². The first kappa shape index (κ1) is 14.3. The lowest BCUT2D eigenvalue weighted by Crippen LogP contribution is -2.50. The number of aryl methyl sites for hydroxylation is 1. The summed E-state index contributed by atoms with van der Waals surface area (Å²) < 4.78 is 5.37. The Balaban J connectivity index is 1.96. The van der Waals surface area contributed by atoms with Gasteiger partial charge in [-0.3, -0.25) is 4.79 Å². The number of ether oxygens (including phenoxy) is 1. The maximum Gasteiger partial charge on any atom is 0.227 e. The second-order valence-corrected chi connectivity index (χ2v) is 4.89. The van der Waals surface area contributed by atoms with Crippen LogP contribution in [0.4, 0.5) is 0 Å². The van der Waals surface area contributed by atoms with Gasteiger partial charge in [-0.05, 0) is 12.5 Å². The average molecular weight is 277 g/mol. The van der Waals surface area contributed by atoms with E-state index in [0.29, 0.717) is 26.1 Å². The molecule has 0 spiro atoms. The number of amidine groups is 1. The average Bonchev–Trinajstić information content (AvgIpc) is 2.49. The number of morpholine rings is 1. The van der Waals surface area contributed by atoms with Crippen molar-refractivity contribution < 1.29 is 14.7 Å². The van der Waals surface area contributed by atoms with Crippen LogP contribution in [0.15, 0.2) is 29.4 Å². The van der Waals surface area contributed by atoms with Crippen LogP contribution in [0.3, 0.4) is 0 Å². The first-order chi connectivity index (χ1) is 9.60. The van der Waals surface area contributed by atoms with Crippen molar-refractivity contribution in [3.8, 4) is 0 Å². The highest BCUT2D eigenvalue weighted by atomic mass is 16.5. The Hall–Kier alpha value is -2.08. The van der Waals surface area contributed by atoms with Crippen molar-refractivity contribution in [2.24, 2.45) is 10.9 Å². The van der Waals surface area contributed by atoms with E-state index in [-0.39, 0.29) is 11.7 Å². The zero-order valence-corrected chi connectivity index (χ0v) is 11.5. The molecule has 0 saturated carbocycles. The third-order valence-electron chi connectivity index (χ3n) is 3.34. The number of rotatable bonds is 3. The molecule has 1 aromatic carbocycles. The van der Waals surface area contributed by atoms with Crippen molar-refractivity contribution in [2.45, 2.75) is 19.4 Å². The smallest absolute Gasteiger partial charge is 0.227 e. The van der Waals surface area contributed by atoms with Crippen LogP contribution in [0.25, 0.3) is 0 Å². The summed E-state index contributed by atoms with van der Waals surface area (Å²) in [5, 5.41) is 11.6. The summed E-state index contributed by atoms with van der Waals surface area (Å²) in [4.78, 5) is 13.9. The van der Waals surface area contributed by atoms with Crippen molar-refractivity contribution in [3.63, 3.8) is 0 Å². The summed E-state index contributed by atoms with van der Waals surface area (Å²) in [5.74, 6) is 0.0192. The third kappa shape index (κ3) is 3.48. The second-order valence-electron chi connectivity index (χ2n) is 4.89. The molecule has 1 amide bonds. The van der Waals surface area contributed by atoms with Gasteiger partial charge in [0.05, 0.1) is 19.6 Å². The Morgan fingerprint density at radius 2 is 2.20 bits per heavy atom. The number of hydrogen-bond donors (Lipinski definition) is 2. The van der Waals surface area contributed by atoms with Crippen molar-refractivity contribution in [1.29, 1.82) is 0 Å². The van der Waals surface area contributed by atoms with Crippen LogP contribution in [0.1, 0.15) is 11.1 Å². The van der Waals surface area contributed by atoms with Gasteiger partial charge in [0.15, 0.2) is 5.84 Å². The van der Waals surface area contributed by atoms with Crippen LogP contribution < -0.4 is 5.73 Å². The van der Waals surface area contributed by atoms with Crippen LogP contribution >= 0.6 is 0 Å². The van der Waals surface area contributed by atoms with Gasteiger partial charge in [-0.15, -0.1) is 0 Å². The molecule has 0 aliphatic carbocycles. The molecule has 0 radical (unpaired) electrons. The fourth-order valence-electron chi connectivity index (χ4n) is 2.11. The standard InChI is InChI=1S/C14H19N3O3/c1-10-2-4-11(5-3-10)8-13(18)17-6-7-20-12(9-17)14(15)16-19/h2-5,12,19H,6-9H2,1H3,(H2,15,16). The highest BCUT2D eigenvalue weighted by molar-refractivity contribution is 5.86. The molecule has 3 N–H and O–H groups in total. The Kier molecular flexibility index (Phi) is 4.57. The number of benzene rings is 1. The quantitative estimate of drug-likeness (QED) is 0.365. The Morgan fingerprint density at radius 3 is 2.85 bits per heavy atom. The van der Waals surface area contributed by atoms with Crippen molar-refractivity contribution >= 4 is 11.7 Å². The van der Waals surface area contributed by atoms with E-state index in [1.165, 1.54) is 5.56 Å². The predicted octanol–water partition coefficient (Wildman–Crippen LogP) is 0.511. The number of carbonyl (C=O) groups excluding carboxylic acids is 1. The monoisotopic (exact) mass is 277 g/mol. The number of nitrogens with two attached hydrogens (primary N) is 1. The molecule has 1 aliphatic heterocycles. The lowest BCUT2D eigenvalue weighted by atomic mass is 10.1. The van der Waals surface area contributed by atoms with Crippen LogP contribution in [0, 0.1) is 6.92 Å². The molecule has 1 fully saturated rings. The maximum atomic E-state index is 12.2. The van der Waals surface area contributed by atoms with Crippen LogP contribution in [0.5, 0.6) is 0 Å². The Morgan fingerprint density at radius 1 is 1.50 bits per heavy atom. The maximum absolute atomic E-state index is 12.2. The molecule has 2 rings (SSSR count). The number of nitrogens with zero attached hydrogens (tertiary/aromatic N) is 2. The summed E-state index contributed by atoms with van der Waals surface area (Å²) in [6, 6.07) is 7.88. The summed E-state index contributed by atoms with van der Waals surface area (Å²) in [6.07, 6.45) is -0.181. The van der Waals surface area contributed by atoms with E-state index in [0.717, 1.165) is 5.56 Å². The second kappa shape index (κ2) is 6.38. The van der Waals surface area contributed by atoms with Gasteiger partial charge < -0.3 is 20.6 Å². The number of carbonyl (C=O) groups is 1. The SMILES string of the molecule is Cc1ccc(CC(=O)N2CCOC(C(N)=NO)C2)cc1. The van der Waals surface area contributed by atoms with Gasteiger partial charge in [-0.25, -0.2) is 0 Å². The first-order valence-corrected chi connectivity index (χ1v) is 6.52. The molecule has 0 aromatic heterocycles. The fraction of sp³-hybridized carbons (Fsp3) is 0.429. The Labute approximate surface area is 117 Å². The van der Waals surface area contributed by atoms with Crippen molar-refractivity contribution in [2.75, 3.05) is 19.7 Å². The third-order valence-corrected chi connectivity index (χ3v) is 3.34. The topological polar surface area (TPSA) is 88.2 Å². The van der Waals surface area contributed by atoms with Gasteiger partial charge in [0.25, 0.3) is 0 Å². The van der Waals surface area contributed by atoms with Crippen molar-refractivity contribution in [3.05, 3.63) is 35.4 Å². The van der Waals surface area contributed by atoms with Crippen LogP contribution in [-0.2, 0) is 16.0 Å². The molecular weight excluding hydrogens is 258 g/mol. The Bertz CT molecular complexity index is 499. The highest BCUT2D eigenvalue weighted by Crippen LogP contribution is 2.10. The van der Waals surface area contributed by atoms with E-state index in [9.17, 15) is 4.79 Å². The van der Waals surface area contributed by atoms with Crippen molar-refractivity contribution in [1.82, 2.24) is 4.90 Å². The molecule has 1 unspecified atom stereocenters. The molecule has 1 aliphatic rings.